The van der Waals surface area contributed by atoms with Gasteiger partial charge in [-0.1, -0.05) is 17.7 Å². The quantitative estimate of drug-likeness (QED) is 0.199. The number of alkyl carbamates (subject to hydrolysis) is 1. The lowest BCUT2D eigenvalue weighted by Crippen LogP contribution is -2.43. The van der Waals surface area contributed by atoms with Crippen LogP contribution in [0.25, 0.3) is 11.3 Å². The molecule has 0 aromatic carbocycles. The molecule has 1 amide bonds. The fraction of sp³-hybridized carbons (Fsp3) is 0.636. The van der Waals surface area contributed by atoms with E-state index in [9.17, 15) is 10.1 Å². The molecule has 4 rings (SSSR count). The summed E-state index contributed by atoms with van der Waals surface area (Å²) in [7, 11) is 0. The van der Waals surface area contributed by atoms with E-state index in [1.807, 2.05) is 45.0 Å². The molecule has 2 aliphatic rings. The van der Waals surface area contributed by atoms with E-state index in [4.69, 9.17) is 30.8 Å². The summed E-state index contributed by atoms with van der Waals surface area (Å²) in [4.78, 5) is 21.1. The second-order valence-corrected chi connectivity index (χ2v) is 13.5. The van der Waals surface area contributed by atoms with Gasteiger partial charge in [0.15, 0.2) is 0 Å². The number of hydrogen-bond donors (Lipinski definition) is 4. The number of amides is 1. The molecule has 1 atom stereocenters. The summed E-state index contributed by atoms with van der Waals surface area (Å²) in [5.41, 5.74) is 0.607. The van der Waals surface area contributed by atoms with Crippen molar-refractivity contribution in [2.75, 3.05) is 50.2 Å². The summed E-state index contributed by atoms with van der Waals surface area (Å²) >= 11 is 6.58. The number of anilines is 2. The van der Waals surface area contributed by atoms with Gasteiger partial charge in [0.2, 0.25) is 0 Å². The van der Waals surface area contributed by atoms with E-state index in [0.717, 1.165) is 42.8 Å². The van der Waals surface area contributed by atoms with Crippen LogP contribution in [0.15, 0.2) is 30.5 Å². The number of carbonyl (C=O) groups is 1. The Labute approximate surface area is 272 Å². The zero-order chi connectivity index (χ0) is 32.3. The summed E-state index contributed by atoms with van der Waals surface area (Å²) in [6.07, 6.45) is 6.81. The zero-order valence-corrected chi connectivity index (χ0v) is 27.7. The fourth-order valence-corrected chi connectivity index (χ4v) is 5.81. The normalized spacial score (nSPS) is 20.4. The molecule has 12 heteroatoms. The SMILES string of the molecule is CC(COCCNC(=O)OC(C)(C)C)N[C@H]1CC[C@H](Nc2cc(-c3cccc(NCC4(C#N)CCOCC4)n3)c(Cl)cn2)CC1. The first-order chi connectivity index (χ1) is 21.5. The van der Waals surface area contributed by atoms with Crippen LogP contribution in [0.5, 0.6) is 0 Å². The summed E-state index contributed by atoms with van der Waals surface area (Å²) in [6.45, 7) is 10.8. The van der Waals surface area contributed by atoms with E-state index in [1.165, 1.54) is 0 Å². The van der Waals surface area contributed by atoms with Gasteiger partial charge in [-0.05, 0) is 84.4 Å². The highest BCUT2D eigenvalue weighted by Crippen LogP contribution is 2.32. The molecule has 3 heterocycles. The first-order valence-corrected chi connectivity index (χ1v) is 16.3. The molecule has 1 aliphatic heterocycles. The smallest absolute Gasteiger partial charge is 0.407 e. The molecule has 0 spiro atoms. The Hall–Kier alpha value is -3.17. The minimum Gasteiger partial charge on any atom is -0.444 e. The number of rotatable bonds is 13. The van der Waals surface area contributed by atoms with Crippen LogP contribution in [0.1, 0.15) is 66.2 Å². The maximum absolute atomic E-state index is 11.7. The van der Waals surface area contributed by atoms with Crippen LogP contribution in [0.2, 0.25) is 5.02 Å². The highest BCUT2D eigenvalue weighted by molar-refractivity contribution is 6.33. The van der Waals surface area contributed by atoms with Crippen molar-refractivity contribution < 1.29 is 19.0 Å². The average molecular weight is 642 g/mol. The van der Waals surface area contributed by atoms with E-state index in [0.29, 0.717) is 75.3 Å². The monoisotopic (exact) mass is 641 g/mol. The number of hydrogen-bond acceptors (Lipinski definition) is 10. The number of ether oxygens (including phenoxy) is 3. The first kappa shape index (κ1) is 34.7. The van der Waals surface area contributed by atoms with Gasteiger partial charge in [0.25, 0.3) is 0 Å². The van der Waals surface area contributed by atoms with Crippen molar-refractivity contribution in [3.8, 4) is 17.3 Å². The maximum Gasteiger partial charge on any atom is 0.407 e. The number of nitrogens with zero attached hydrogens (tertiary/aromatic N) is 3. The first-order valence-electron chi connectivity index (χ1n) is 16.0. The molecule has 0 bridgehead atoms. The molecule has 1 unspecified atom stereocenters. The molecular formula is C33H48ClN7O4. The summed E-state index contributed by atoms with van der Waals surface area (Å²) in [6, 6.07) is 11.2. The van der Waals surface area contributed by atoms with Gasteiger partial charge in [0.05, 0.1) is 35.4 Å². The van der Waals surface area contributed by atoms with Gasteiger partial charge in [0.1, 0.15) is 17.2 Å². The van der Waals surface area contributed by atoms with E-state index in [2.05, 4.69) is 39.2 Å². The van der Waals surface area contributed by atoms with Crippen LogP contribution in [-0.4, -0.2) is 79.3 Å². The third-order valence-corrected chi connectivity index (χ3v) is 8.36. The fourth-order valence-electron chi connectivity index (χ4n) is 5.61. The standard InChI is InChI=1S/C33H48ClN7O4/c1-23(20-44-17-14-36-31(42)45-32(2,3)4)39-24-8-10-25(11-9-24)40-30-18-26(27(34)19-37-30)28-6-5-7-29(41-28)38-22-33(21-35)12-15-43-16-13-33/h5-7,18-19,23-25,39H,8-17,20,22H2,1-4H3,(H,36,42)(H,37,40)(H,38,41)/t23?,24-,25-. The van der Waals surface area contributed by atoms with E-state index in [1.54, 1.807) is 6.20 Å². The number of pyridine rings is 2. The van der Waals surface area contributed by atoms with Crippen LogP contribution >= 0.6 is 11.6 Å². The van der Waals surface area contributed by atoms with E-state index < -0.39 is 17.1 Å². The Morgan fingerprint density at radius 3 is 2.62 bits per heavy atom. The van der Waals surface area contributed by atoms with Gasteiger partial charge in [-0.3, -0.25) is 0 Å². The molecule has 45 heavy (non-hydrogen) atoms. The molecule has 4 N–H and O–H groups in total. The second kappa shape index (κ2) is 16.4. The Kier molecular flexibility index (Phi) is 12.7. The second-order valence-electron chi connectivity index (χ2n) is 13.1. The van der Waals surface area contributed by atoms with Gasteiger partial charge in [-0.25, -0.2) is 14.8 Å². The molecule has 1 aliphatic carbocycles. The predicted octanol–water partition coefficient (Wildman–Crippen LogP) is 5.77. The van der Waals surface area contributed by atoms with Crippen LogP contribution in [0, 0.1) is 16.7 Å². The lowest BCUT2D eigenvalue weighted by Gasteiger charge is -2.32. The van der Waals surface area contributed by atoms with Gasteiger partial charge >= 0.3 is 6.09 Å². The van der Waals surface area contributed by atoms with E-state index >= 15 is 0 Å². The molecule has 1 saturated carbocycles. The van der Waals surface area contributed by atoms with Gasteiger partial charge in [-0.15, -0.1) is 0 Å². The average Bonchev–Trinajstić information content (AvgIpc) is 3.01. The van der Waals surface area contributed by atoms with Crippen molar-refractivity contribution in [1.82, 2.24) is 20.6 Å². The molecule has 2 fully saturated rings. The van der Waals surface area contributed by atoms with Crippen LogP contribution < -0.4 is 21.3 Å². The highest BCUT2D eigenvalue weighted by Gasteiger charge is 2.32. The van der Waals surface area contributed by atoms with Crippen molar-refractivity contribution >= 4 is 29.3 Å². The number of carbonyl (C=O) groups excluding carboxylic acids is 1. The molecule has 1 saturated heterocycles. The number of nitriles is 1. The summed E-state index contributed by atoms with van der Waals surface area (Å²) < 4.78 is 16.4. The number of aromatic nitrogens is 2. The molecule has 246 valence electrons. The lowest BCUT2D eigenvalue weighted by atomic mass is 9.82. The topological polar surface area (TPSA) is 142 Å². The Morgan fingerprint density at radius 1 is 1.18 bits per heavy atom. The van der Waals surface area contributed by atoms with Crippen molar-refractivity contribution in [1.29, 1.82) is 5.26 Å². The van der Waals surface area contributed by atoms with Crippen LogP contribution in [-0.2, 0) is 14.2 Å². The third kappa shape index (κ3) is 11.3. The molecule has 0 radical (unpaired) electrons. The Balaban J connectivity index is 1.20. The summed E-state index contributed by atoms with van der Waals surface area (Å²) in [5, 5.41) is 23.7. The van der Waals surface area contributed by atoms with Crippen LogP contribution in [0.4, 0.5) is 16.4 Å². The number of halogens is 1. The minimum atomic E-state index is -0.510. The predicted molar refractivity (Wildman–Crippen MR) is 176 cm³/mol. The lowest BCUT2D eigenvalue weighted by molar-refractivity contribution is 0.0455. The Morgan fingerprint density at radius 2 is 1.91 bits per heavy atom. The summed E-state index contributed by atoms with van der Waals surface area (Å²) in [5.74, 6) is 1.48. The molecular weight excluding hydrogens is 594 g/mol. The molecule has 2 aromatic heterocycles. The molecule has 11 nitrogen and oxygen atoms in total. The van der Waals surface area contributed by atoms with Crippen molar-refractivity contribution in [2.45, 2.75) is 89.9 Å². The largest absolute Gasteiger partial charge is 0.444 e. The van der Waals surface area contributed by atoms with Gasteiger partial charge in [0, 0.05) is 56.2 Å². The van der Waals surface area contributed by atoms with Crippen molar-refractivity contribution in [2.24, 2.45) is 5.41 Å². The van der Waals surface area contributed by atoms with E-state index in [-0.39, 0.29) is 6.04 Å². The zero-order valence-electron chi connectivity index (χ0n) is 27.0. The van der Waals surface area contributed by atoms with Crippen LogP contribution in [0.3, 0.4) is 0 Å². The molecule has 2 aromatic rings. The van der Waals surface area contributed by atoms with Gasteiger partial charge < -0.3 is 35.5 Å². The minimum absolute atomic E-state index is 0.210. The maximum atomic E-state index is 11.7. The van der Waals surface area contributed by atoms with Crippen molar-refractivity contribution in [3.05, 3.63) is 35.5 Å². The number of nitrogens with one attached hydrogen (secondary N) is 4. The highest BCUT2D eigenvalue weighted by atomic mass is 35.5. The Bertz CT molecular complexity index is 1280. The third-order valence-electron chi connectivity index (χ3n) is 8.06. The van der Waals surface area contributed by atoms with Gasteiger partial charge in [-0.2, -0.15) is 5.26 Å². The van der Waals surface area contributed by atoms with Crippen molar-refractivity contribution in [3.63, 3.8) is 0 Å².